The fraction of sp³-hybridized carbons (Fsp3) is 0.500. The van der Waals surface area contributed by atoms with Crippen molar-refractivity contribution in [1.29, 1.82) is 0 Å². The van der Waals surface area contributed by atoms with E-state index in [1.54, 1.807) is 0 Å². The van der Waals surface area contributed by atoms with Crippen molar-refractivity contribution < 1.29 is 4.92 Å². The molecule has 15 heavy (non-hydrogen) atoms. The van der Waals surface area contributed by atoms with Crippen molar-refractivity contribution in [2.75, 3.05) is 11.9 Å². The molecule has 0 aliphatic rings. The zero-order valence-corrected chi connectivity index (χ0v) is 8.77. The van der Waals surface area contributed by atoms with Crippen LogP contribution in [-0.2, 0) is 0 Å². The molecule has 0 unspecified atom stereocenters. The van der Waals surface area contributed by atoms with Crippen molar-refractivity contribution >= 4 is 11.4 Å². The van der Waals surface area contributed by atoms with Crippen LogP contribution in [-0.4, -0.2) is 16.5 Å². The molecule has 1 rings (SSSR count). The van der Waals surface area contributed by atoms with E-state index in [1.165, 1.54) is 18.5 Å². The number of nitro groups is 1. The highest BCUT2D eigenvalue weighted by Crippen LogP contribution is 2.21. The number of rotatable bonds is 6. The van der Waals surface area contributed by atoms with Crippen LogP contribution in [0.25, 0.3) is 0 Å². The maximum Gasteiger partial charge on any atom is 0.295 e. The molecule has 0 radical (unpaired) electrons. The zero-order valence-electron chi connectivity index (χ0n) is 8.77. The first-order valence-electron chi connectivity index (χ1n) is 5.08. The molecule has 0 atom stereocenters. The monoisotopic (exact) mass is 209 g/mol. The molecular formula is C10H15N3O2. The minimum Gasteiger partial charge on any atom is -0.378 e. The summed E-state index contributed by atoms with van der Waals surface area (Å²) in [6, 6.07) is 1.40. The van der Waals surface area contributed by atoms with E-state index in [0.29, 0.717) is 5.69 Å². The molecule has 0 spiro atoms. The fourth-order valence-corrected chi connectivity index (χ4v) is 1.28. The number of nitrogens with one attached hydrogen (secondary N) is 1. The van der Waals surface area contributed by atoms with Gasteiger partial charge in [-0.1, -0.05) is 19.8 Å². The van der Waals surface area contributed by atoms with Gasteiger partial charge in [0.15, 0.2) is 0 Å². The van der Waals surface area contributed by atoms with Crippen molar-refractivity contribution in [2.24, 2.45) is 0 Å². The van der Waals surface area contributed by atoms with Gasteiger partial charge in [-0.05, 0) is 6.42 Å². The molecular weight excluding hydrogens is 194 g/mol. The van der Waals surface area contributed by atoms with E-state index in [-0.39, 0.29) is 5.69 Å². The lowest BCUT2D eigenvalue weighted by atomic mass is 10.2. The van der Waals surface area contributed by atoms with Gasteiger partial charge in [0.2, 0.25) is 0 Å². The summed E-state index contributed by atoms with van der Waals surface area (Å²) in [6.07, 6.45) is 6.19. The summed E-state index contributed by atoms with van der Waals surface area (Å²) in [5.41, 5.74) is 0.583. The summed E-state index contributed by atoms with van der Waals surface area (Å²) < 4.78 is 0. The van der Waals surface area contributed by atoms with Crippen LogP contribution >= 0.6 is 0 Å². The van der Waals surface area contributed by atoms with Gasteiger partial charge in [-0.25, -0.2) is 0 Å². The van der Waals surface area contributed by atoms with E-state index >= 15 is 0 Å². The number of hydrogen-bond acceptors (Lipinski definition) is 4. The molecule has 1 aromatic heterocycles. The summed E-state index contributed by atoms with van der Waals surface area (Å²) in [5.74, 6) is 0. The van der Waals surface area contributed by atoms with Gasteiger partial charge < -0.3 is 5.32 Å². The molecule has 0 saturated carbocycles. The van der Waals surface area contributed by atoms with Crippen LogP contribution in [0.2, 0.25) is 0 Å². The lowest BCUT2D eigenvalue weighted by Gasteiger charge is -2.05. The average molecular weight is 209 g/mol. The van der Waals surface area contributed by atoms with Crippen molar-refractivity contribution in [3.05, 3.63) is 28.6 Å². The van der Waals surface area contributed by atoms with Gasteiger partial charge in [0.25, 0.3) is 5.69 Å². The van der Waals surface area contributed by atoms with Gasteiger partial charge in [0.05, 0.1) is 11.1 Å². The Bertz CT molecular complexity index is 328. The quantitative estimate of drug-likeness (QED) is 0.444. The summed E-state index contributed by atoms with van der Waals surface area (Å²) in [7, 11) is 0. The van der Waals surface area contributed by atoms with E-state index < -0.39 is 4.92 Å². The second kappa shape index (κ2) is 5.95. The smallest absolute Gasteiger partial charge is 0.295 e. The Morgan fingerprint density at radius 2 is 2.33 bits per heavy atom. The van der Waals surface area contributed by atoms with Gasteiger partial charge in [0.1, 0.15) is 5.69 Å². The highest BCUT2D eigenvalue weighted by atomic mass is 16.6. The molecule has 0 aliphatic heterocycles. The van der Waals surface area contributed by atoms with Crippen molar-refractivity contribution in [2.45, 2.75) is 26.2 Å². The average Bonchev–Trinajstić information content (AvgIpc) is 2.25. The van der Waals surface area contributed by atoms with Crippen molar-refractivity contribution in [3.63, 3.8) is 0 Å². The topological polar surface area (TPSA) is 68.1 Å². The number of pyridine rings is 1. The second-order valence-corrected chi connectivity index (χ2v) is 3.28. The van der Waals surface area contributed by atoms with Gasteiger partial charge in [0, 0.05) is 18.8 Å². The minimum absolute atomic E-state index is 0.0847. The number of nitrogens with zero attached hydrogens (tertiary/aromatic N) is 2. The van der Waals surface area contributed by atoms with Crippen LogP contribution in [0.3, 0.4) is 0 Å². The molecule has 1 N–H and O–H groups in total. The standard InChI is InChI=1S/C10H15N3O2/c1-2-3-4-6-12-9-8-11-7-5-10(9)13(14)15/h5,7-8,12H,2-4,6H2,1H3. The highest BCUT2D eigenvalue weighted by molar-refractivity contribution is 5.59. The summed E-state index contributed by atoms with van der Waals surface area (Å²) in [4.78, 5) is 14.1. The lowest BCUT2D eigenvalue weighted by molar-refractivity contribution is -0.384. The molecule has 0 fully saturated rings. The molecule has 0 bridgehead atoms. The number of anilines is 1. The Morgan fingerprint density at radius 1 is 1.53 bits per heavy atom. The van der Waals surface area contributed by atoms with Crippen LogP contribution in [0.1, 0.15) is 26.2 Å². The Kier molecular flexibility index (Phi) is 4.53. The van der Waals surface area contributed by atoms with Crippen molar-refractivity contribution in [3.8, 4) is 0 Å². The third-order valence-electron chi connectivity index (χ3n) is 2.09. The Morgan fingerprint density at radius 3 is 3.00 bits per heavy atom. The first-order valence-corrected chi connectivity index (χ1v) is 5.08. The van der Waals surface area contributed by atoms with Crippen LogP contribution in [0, 0.1) is 10.1 Å². The molecule has 0 aromatic carbocycles. The van der Waals surface area contributed by atoms with Crippen LogP contribution < -0.4 is 5.32 Å². The molecule has 0 saturated heterocycles. The van der Waals surface area contributed by atoms with Crippen LogP contribution in [0.4, 0.5) is 11.4 Å². The van der Waals surface area contributed by atoms with Gasteiger partial charge >= 0.3 is 0 Å². The summed E-state index contributed by atoms with van der Waals surface area (Å²) >= 11 is 0. The third-order valence-corrected chi connectivity index (χ3v) is 2.09. The molecule has 0 aliphatic carbocycles. The number of aromatic nitrogens is 1. The number of unbranched alkanes of at least 4 members (excludes halogenated alkanes) is 2. The van der Waals surface area contributed by atoms with Crippen molar-refractivity contribution in [1.82, 2.24) is 4.98 Å². The normalized spacial score (nSPS) is 9.93. The van der Waals surface area contributed by atoms with E-state index in [1.807, 2.05) is 0 Å². The Hall–Kier alpha value is -1.65. The predicted molar refractivity (Wildman–Crippen MR) is 58.9 cm³/mol. The lowest BCUT2D eigenvalue weighted by Crippen LogP contribution is -2.04. The second-order valence-electron chi connectivity index (χ2n) is 3.28. The fourth-order valence-electron chi connectivity index (χ4n) is 1.28. The van der Waals surface area contributed by atoms with E-state index in [2.05, 4.69) is 17.2 Å². The molecule has 5 nitrogen and oxygen atoms in total. The first-order chi connectivity index (χ1) is 7.25. The molecule has 5 heteroatoms. The molecule has 1 heterocycles. The number of hydrogen-bond donors (Lipinski definition) is 1. The summed E-state index contributed by atoms with van der Waals surface area (Å²) in [6.45, 7) is 2.87. The van der Waals surface area contributed by atoms with Crippen LogP contribution in [0.15, 0.2) is 18.5 Å². The summed E-state index contributed by atoms with van der Waals surface area (Å²) in [5, 5.41) is 13.7. The molecule has 82 valence electrons. The first kappa shape index (κ1) is 11.4. The van der Waals surface area contributed by atoms with Gasteiger partial charge in [-0.2, -0.15) is 0 Å². The SMILES string of the molecule is CCCCCNc1cnccc1[N+](=O)[O-]. The van der Waals surface area contributed by atoms with Gasteiger partial charge in [-0.15, -0.1) is 0 Å². The van der Waals surface area contributed by atoms with Crippen LogP contribution in [0.5, 0.6) is 0 Å². The molecule has 0 amide bonds. The molecule has 1 aromatic rings. The predicted octanol–water partition coefficient (Wildman–Crippen LogP) is 2.59. The van der Waals surface area contributed by atoms with E-state index in [0.717, 1.165) is 25.8 Å². The zero-order chi connectivity index (χ0) is 11.1. The van der Waals surface area contributed by atoms with E-state index in [4.69, 9.17) is 0 Å². The third kappa shape index (κ3) is 3.53. The minimum atomic E-state index is -0.399. The Balaban J connectivity index is 2.56. The largest absolute Gasteiger partial charge is 0.378 e. The Labute approximate surface area is 88.7 Å². The maximum atomic E-state index is 10.6. The maximum absolute atomic E-state index is 10.6. The highest BCUT2D eigenvalue weighted by Gasteiger charge is 2.11. The van der Waals surface area contributed by atoms with E-state index in [9.17, 15) is 10.1 Å². The van der Waals surface area contributed by atoms with Gasteiger partial charge in [-0.3, -0.25) is 15.1 Å².